The molecule has 0 spiro atoms. The average Bonchev–Trinajstić information content (AvgIpc) is 2.33. The van der Waals surface area contributed by atoms with Gasteiger partial charge in [-0.15, -0.1) is 0 Å². The van der Waals surface area contributed by atoms with Crippen LogP contribution in [0, 0.1) is 11.3 Å². The van der Waals surface area contributed by atoms with Crippen LogP contribution in [0.3, 0.4) is 0 Å². The van der Waals surface area contributed by atoms with Gasteiger partial charge in [-0.3, -0.25) is 0 Å². The SMILES string of the molecule is N#Cc1c(Cl)ncc(Cl)c1-c1ccc(Cl)cc1. The Kier molecular flexibility index (Phi) is 3.54. The van der Waals surface area contributed by atoms with E-state index < -0.39 is 0 Å². The zero-order valence-corrected chi connectivity index (χ0v) is 10.7. The average molecular weight is 284 g/mol. The van der Waals surface area contributed by atoms with Gasteiger partial charge in [0.15, 0.2) is 0 Å². The minimum atomic E-state index is 0.141. The van der Waals surface area contributed by atoms with Crippen LogP contribution >= 0.6 is 34.8 Å². The zero-order chi connectivity index (χ0) is 12.4. The molecule has 0 amide bonds. The lowest BCUT2D eigenvalue weighted by molar-refractivity contribution is 1.30. The zero-order valence-electron chi connectivity index (χ0n) is 8.42. The molecule has 2 aromatic rings. The first-order valence-electron chi connectivity index (χ1n) is 4.63. The first-order chi connectivity index (χ1) is 8.13. The Balaban J connectivity index is 2.71. The topological polar surface area (TPSA) is 36.7 Å². The monoisotopic (exact) mass is 282 g/mol. The summed E-state index contributed by atoms with van der Waals surface area (Å²) in [6.45, 7) is 0. The number of aromatic nitrogens is 1. The highest BCUT2D eigenvalue weighted by Crippen LogP contribution is 2.34. The van der Waals surface area contributed by atoms with Gasteiger partial charge in [-0.1, -0.05) is 46.9 Å². The quantitative estimate of drug-likeness (QED) is 0.718. The van der Waals surface area contributed by atoms with E-state index in [-0.39, 0.29) is 10.7 Å². The van der Waals surface area contributed by atoms with Crippen LogP contribution in [0.2, 0.25) is 15.2 Å². The molecule has 0 radical (unpaired) electrons. The molecule has 2 nitrogen and oxygen atoms in total. The Morgan fingerprint density at radius 2 is 1.71 bits per heavy atom. The molecule has 5 heteroatoms. The van der Waals surface area contributed by atoms with Gasteiger partial charge in [0.05, 0.1) is 10.6 Å². The normalized spacial score (nSPS) is 10.0. The molecule has 0 aliphatic rings. The number of pyridine rings is 1. The van der Waals surface area contributed by atoms with E-state index in [1.807, 2.05) is 6.07 Å². The number of halogens is 3. The van der Waals surface area contributed by atoms with Crippen molar-refractivity contribution in [1.29, 1.82) is 5.26 Å². The second-order valence-electron chi connectivity index (χ2n) is 3.27. The van der Waals surface area contributed by atoms with Crippen molar-refractivity contribution in [3.63, 3.8) is 0 Å². The van der Waals surface area contributed by atoms with E-state index in [1.54, 1.807) is 24.3 Å². The van der Waals surface area contributed by atoms with Crippen LogP contribution in [0.1, 0.15) is 5.56 Å². The number of nitriles is 1. The third-order valence-electron chi connectivity index (χ3n) is 2.23. The molecule has 0 fully saturated rings. The summed E-state index contributed by atoms with van der Waals surface area (Å²) < 4.78 is 0. The van der Waals surface area contributed by atoms with E-state index in [1.165, 1.54) is 6.20 Å². The Hall–Kier alpha value is -1.27. The summed E-state index contributed by atoms with van der Waals surface area (Å²) in [7, 11) is 0. The Morgan fingerprint density at radius 3 is 2.29 bits per heavy atom. The molecule has 0 saturated heterocycles. The molecule has 17 heavy (non-hydrogen) atoms. The van der Waals surface area contributed by atoms with Crippen molar-refractivity contribution in [1.82, 2.24) is 4.98 Å². The molecular formula is C12H5Cl3N2. The standard InChI is InChI=1S/C12H5Cl3N2/c13-8-3-1-7(2-4-8)11-9(5-16)12(15)17-6-10(11)14/h1-4,6H. The summed E-state index contributed by atoms with van der Waals surface area (Å²) in [6.07, 6.45) is 1.43. The number of nitrogens with zero attached hydrogens (tertiary/aromatic N) is 2. The minimum absolute atomic E-state index is 0.141. The van der Waals surface area contributed by atoms with Crippen LogP contribution < -0.4 is 0 Å². The molecule has 1 aromatic heterocycles. The highest BCUT2D eigenvalue weighted by molar-refractivity contribution is 6.35. The molecule has 0 aliphatic heterocycles. The first kappa shape index (κ1) is 12.2. The van der Waals surface area contributed by atoms with Crippen molar-refractivity contribution in [3.8, 4) is 17.2 Å². The third kappa shape index (κ3) is 2.37. The number of benzene rings is 1. The van der Waals surface area contributed by atoms with Crippen molar-refractivity contribution < 1.29 is 0 Å². The van der Waals surface area contributed by atoms with Gasteiger partial charge >= 0.3 is 0 Å². The van der Waals surface area contributed by atoms with Crippen LogP contribution in [-0.2, 0) is 0 Å². The summed E-state index contributed by atoms with van der Waals surface area (Å²) in [5.74, 6) is 0. The lowest BCUT2D eigenvalue weighted by Gasteiger charge is -2.07. The predicted octanol–water partition coefficient (Wildman–Crippen LogP) is 4.58. The molecule has 1 heterocycles. The molecule has 0 N–H and O–H groups in total. The van der Waals surface area contributed by atoms with E-state index in [9.17, 15) is 0 Å². The summed E-state index contributed by atoms with van der Waals surface area (Å²) >= 11 is 17.7. The van der Waals surface area contributed by atoms with Gasteiger partial charge in [-0.2, -0.15) is 5.26 Å². The Labute approximate surface area is 113 Å². The van der Waals surface area contributed by atoms with Gasteiger partial charge in [-0.05, 0) is 17.7 Å². The molecule has 0 saturated carbocycles. The lowest BCUT2D eigenvalue weighted by atomic mass is 10.0. The number of hydrogen-bond donors (Lipinski definition) is 0. The van der Waals surface area contributed by atoms with Gasteiger partial charge in [0, 0.05) is 16.8 Å². The van der Waals surface area contributed by atoms with Crippen LogP contribution in [0.4, 0.5) is 0 Å². The maximum Gasteiger partial charge on any atom is 0.147 e. The maximum absolute atomic E-state index is 9.08. The minimum Gasteiger partial charge on any atom is -0.242 e. The van der Waals surface area contributed by atoms with Crippen molar-refractivity contribution >= 4 is 34.8 Å². The number of rotatable bonds is 1. The van der Waals surface area contributed by atoms with Crippen molar-refractivity contribution in [2.75, 3.05) is 0 Å². The van der Waals surface area contributed by atoms with Crippen molar-refractivity contribution in [2.45, 2.75) is 0 Å². The smallest absolute Gasteiger partial charge is 0.147 e. The predicted molar refractivity (Wildman–Crippen MR) is 69.4 cm³/mol. The highest BCUT2D eigenvalue weighted by atomic mass is 35.5. The van der Waals surface area contributed by atoms with E-state index >= 15 is 0 Å². The van der Waals surface area contributed by atoms with Crippen LogP contribution in [-0.4, -0.2) is 4.98 Å². The van der Waals surface area contributed by atoms with E-state index in [0.29, 0.717) is 15.6 Å². The fourth-order valence-corrected chi connectivity index (χ4v) is 2.03. The summed E-state index contributed by atoms with van der Waals surface area (Å²) in [6, 6.07) is 9.01. The van der Waals surface area contributed by atoms with Gasteiger partial charge in [0.2, 0.25) is 0 Å². The Morgan fingerprint density at radius 1 is 1.06 bits per heavy atom. The maximum atomic E-state index is 9.08. The van der Waals surface area contributed by atoms with Gasteiger partial charge < -0.3 is 0 Å². The molecule has 0 bridgehead atoms. The highest BCUT2D eigenvalue weighted by Gasteiger charge is 2.14. The van der Waals surface area contributed by atoms with E-state index in [2.05, 4.69) is 4.98 Å². The molecule has 1 aromatic carbocycles. The molecular weight excluding hydrogens is 279 g/mol. The number of hydrogen-bond acceptors (Lipinski definition) is 2. The summed E-state index contributed by atoms with van der Waals surface area (Å²) in [5, 5.41) is 10.2. The van der Waals surface area contributed by atoms with Crippen molar-refractivity contribution in [3.05, 3.63) is 51.2 Å². The lowest BCUT2D eigenvalue weighted by Crippen LogP contribution is -1.90. The molecule has 0 aliphatic carbocycles. The van der Waals surface area contributed by atoms with Crippen LogP contribution in [0.5, 0.6) is 0 Å². The second-order valence-corrected chi connectivity index (χ2v) is 4.47. The second kappa shape index (κ2) is 4.93. The first-order valence-corrected chi connectivity index (χ1v) is 5.77. The van der Waals surface area contributed by atoms with E-state index in [4.69, 9.17) is 40.1 Å². The van der Waals surface area contributed by atoms with Crippen LogP contribution in [0.25, 0.3) is 11.1 Å². The van der Waals surface area contributed by atoms with Gasteiger partial charge in [0.1, 0.15) is 11.2 Å². The summed E-state index contributed by atoms with van der Waals surface area (Å²) in [4.78, 5) is 3.84. The molecule has 2 rings (SSSR count). The van der Waals surface area contributed by atoms with Crippen molar-refractivity contribution in [2.24, 2.45) is 0 Å². The Bertz CT molecular complexity index is 600. The summed E-state index contributed by atoms with van der Waals surface area (Å²) in [5.41, 5.74) is 1.62. The largest absolute Gasteiger partial charge is 0.242 e. The fraction of sp³-hybridized carbons (Fsp3) is 0. The van der Waals surface area contributed by atoms with Crippen LogP contribution in [0.15, 0.2) is 30.5 Å². The molecule has 0 atom stereocenters. The van der Waals surface area contributed by atoms with E-state index in [0.717, 1.165) is 5.56 Å². The molecule has 0 unspecified atom stereocenters. The third-order valence-corrected chi connectivity index (χ3v) is 3.06. The van der Waals surface area contributed by atoms with Gasteiger partial charge in [-0.25, -0.2) is 4.98 Å². The molecule has 84 valence electrons. The fourth-order valence-electron chi connectivity index (χ4n) is 1.47. The van der Waals surface area contributed by atoms with Gasteiger partial charge in [0.25, 0.3) is 0 Å².